The summed E-state index contributed by atoms with van der Waals surface area (Å²) in [7, 11) is 0. The van der Waals surface area contributed by atoms with Crippen LogP contribution in [0.5, 0.6) is 0 Å². The van der Waals surface area contributed by atoms with E-state index in [1.165, 1.54) is 12.1 Å². The van der Waals surface area contributed by atoms with Crippen LogP contribution in [0.1, 0.15) is 28.2 Å². The van der Waals surface area contributed by atoms with Crippen LogP contribution in [0.15, 0.2) is 12.1 Å². The Morgan fingerprint density at radius 3 is 2.74 bits per heavy atom. The molecule has 0 fully saturated rings. The van der Waals surface area contributed by atoms with E-state index in [1.807, 2.05) is 6.07 Å². The molecule has 0 aliphatic carbocycles. The Bertz CT molecular complexity index is 536. The fourth-order valence-corrected chi connectivity index (χ4v) is 1.34. The van der Waals surface area contributed by atoms with E-state index in [-0.39, 0.29) is 18.7 Å². The van der Waals surface area contributed by atoms with Gasteiger partial charge in [-0.25, -0.2) is 9.78 Å². The Kier molecular flexibility index (Phi) is 4.97. The molecule has 1 amide bonds. The first kappa shape index (κ1) is 14.6. The van der Waals surface area contributed by atoms with Crippen molar-refractivity contribution in [2.75, 3.05) is 6.54 Å². The lowest BCUT2D eigenvalue weighted by Crippen LogP contribution is -2.30. The molecular weight excluding hydrogens is 250 g/mol. The highest BCUT2D eigenvalue weighted by Gasteiger charge is 2.14. The van der Waals surface area contributed by atoms with Gasteiger partial charge in [-0.15, -0.1) is 0 Å². The lowest BCUT2D eigenvalue weighted by atomic mass is 10.2. The van der Waals surface area contributed by atoms with Crippen molar-refractivity contribution in [3.63, 3.8) is 0 Å². The highest BCUT2D eigenvalue weighted by Crippen LogP contribution is 2.05. The van der Waals surface area contributed by atoms with Crippen molar-refractivity contribution in [1.82, 2.24) is 10.3 Å². The molecule has 0 aliphatic heterocycles. The molecule has 0 spiro atoms. The number of pyridine rings is 1. The van der Waals surface area contributed by atoms with Gasteiger partial charge in [0, 0.05) is 13.0 Å². The maximum Gasteiger partial charge on any atom is 0.332 e. The fraction of sp³-hybridized carbons (Fsp3) is 0.333. The third-order valence-electron chi connectivity index (χ3n) is 2.43. The SMILES string of the molecule is Cc1nc(C(=O)NCCC(O)C(=O)O)ccc1C#N. The van der Waals surface area contributed by atoms with Gasteiger partial charge in [0.05, 0.1) is 11.3 Å². The maximum absolute atomic E-state index is 11.7. The molecule has 0 aliphatic rings. The summed E-state index contributed by atoms with van der Waals surface area (Å²) in [4.78, 5) is 26.0. The van der Waals surface area contributed by atoms with E-state index in [1.54, 1.807) is 6.92 Å². The number of amides is 1. The molecular formula is C12H13N3O4. The van der Waals surface area contributed by atoms with Crippen molar-refractivity contribution in [2.24, 2.45) is 0 Å². The molecule has 0 bridgehead atoms. The van der Waals surface area contributed by atoms with Crippen molar-refractivity contribution in [1.29, 1.82) is 5.26 Å². The highest BCUT2D eigenvalue weighted by atomic mass is 16.4. The molecule has 0 saturated carbocycles. The number of aryl methyl sites for hydroxylation is 1. The fourth-order valence-electron chi connectivity index (χ4n) is 1.34. The standard InChI is InChI=1S/C12H13N3O4/c1-7-8(6-13)2-3-9(15-7)11(17)14-5-4-10(16)12(18)19/h2-3,10,16H,4-5H2,1H3,(H,14,17)(H,18,19). The van der Waals surface area contributed by atoms with Crippen molar-refractivity contribution in [3.8, 4) is 6.07 Å². The number of nitrogens with zero attached hydrogens (tertiary/aromatic N) is 2. The summed E-state index contributed by atoms with van der Waals surface area (Å²) in [6.45, 7) is 1.64. The maximum atomic E-state index is 11.7. The topological polar surface area (TPSA) is 123 Å². The molecule has 19 heavy (non-hydrogen) atoms. The zero-order chi connectivity index (χ0) is 14.4. The third-order valence-corrected chi connectivity index (χ3v) is 2.43. The average Bonchev–Trinajstić information content (AvgIpc) is 2.38. The first-order valence-electron chi connectivity index (χ1n) is 5.52. The van der Waals surface area contributed by atoms with Crippen molar-refractivity contribution < 1.29 is 19.8 Å². The summed E-state index contributed by atoms with van der Waals surface area (Å²) >= 11 is 0. The normalized spacial score (nSPS) is 11.4. The summed E-state index contributed by atoms with van der Waals surface area (Å²) in [5, 5.41) is 28.6. The Balaban J connectivity index is 2.57. The Morgan fingerprint density at radius 1 is 1.53 bits per heavy atom. The minimum atomic E-state index is -1.50. The highest BCUT2D eigenvalue weighted by molar-refractivity contribution is 5.92. The van der Waals surface area contributed by atoms with Gasteiger partial charge in [0.25, 0.3) is 5.91 Å². The molecule has 1 atom stereocenters. The van der Waals surface area contributed by atoms with Crippen LogP contribution in [0.3, 0.4) is 0 Å². The smallest absolute Gasteiger partial charge is 0.332 e. The van der Waals surface area contributed by atoms with Gasteiger partial charge in [0.15, 0.2) is 6.10 Å². The van der Waals surface area contributed by atoms with Crippen molar-refractivity contribution >= 4 is 11.9 Å². The second kappa shape index (κ2) is 6.47. The number of carboxylic acid groups (broad SMARTS) is 1. The molecule has 0 saturated heterocycles. The van der Waals surface area contributed by atoms with Gasteiger partial charge < -0.3 is 15.5 Å². The van der Waals surface area contributed by atoms with Gasteiger partial charge in [-0.3, -0.25) is 4.79 Å². The lowest BCUT2D eigenvalue weighted by Gasteiger charge is -2.07. The molecule has 7 heteroatoms. The molecule has 7 nitrogen and oxygen atoms in total. The zero-order valence-electron chi connectivity index (χ0n) is 10.3. The van der Waals surface area contributed by atoms with Gasteiger partial charge in [0.1, 0.15) is 11.8 Å². The number of carbonyl (C=O) groups is 2. The van der Waals surface area contributed by atoms with Crippen molar-refractivity contribution in [2.45, 2.75) is 19.4 Å². The van der Waals surface area contributed by atoms with Gasteiger partial charge >= 0.3 is 5.97 Å². The summed E-state index contributed by atoms with van der Waals surface area (Å²) in [6.07, 6.45) is -1.59. The number of carboxylic acids is 1. The predicted octanol–water partition coefficient (Wildman–Crippen LogP) is -0.173. The first-order chi connectivity index (χ1) is 8.95. The van der Waals surface area contributed by atoms with E-state index in [0.717, 1.165) is 0 Å². The van der Waals surface area contributed by atoms with E-state index >= 15 is 0 Å². The van der Waals surface area contributed by atoms with Crippen LogP contribution in [0.25, 0.3) is 0 Å². The monoisotopic (exact) mass is 263 g/mol. The molecule has 1 heterocycles. The largest absolute Gasteiger partial charge is 0.479 e. The van der Waals surface area contributed by atoms with Crippen LogP contribution in [0.2, 0.25) is 0 Å². The van der Waals surface area contributed by atoms with E-state index in [4.69, 9.17) is 15.5 Å². The second-order valence-corrected chi connectivity index (χ2v) is 3.84. The van der Waals surface area contributed by atoms with Crippen LogP contribution >= 0.6 is 0 Å². The number of aliphatic carboxylic acids is 1. The minimum Gasteiger partial charge on any atom is -0.479 e. The number of aliphatic hydroxyl groups excluding tert-OH is 1. The first-order valence-corrected chi connectivity index (χ1v) is 5.52. The van der Waals surface area contributed by atoms with Gasteiger partial charge in [-0.05, 0) is 19.1 Å². The van der Waals surface area contributed by atoms with Gasteiger partial charge in [-0.2, -0.15) is 5.26 Å². The van der Waals surface area contributed by atoms with Crippen LogP contribution in [-0.4, -0.2) is 39.7 Å². The summed E-state index contributed by atoms with van der Waals surface area (Å²) in [6, 6.07) is 4.84. The summed E-state index contributed by atoms with van der Waals surface area (Å²) in [5.74, 6) is -1.81. The number of carbonyl (C=O) groups excluding carboxylic acids is 1. The van der Waals surface area contributed by atoms with Crippen LogP contribution in [0, 0.1) is 18.3 Å². The zero-order valence-corrected chi connectivity index (χ0v) is 10.3. The minimum absolute atomic E-state index is 0.0209. The van der Waals surface area contributed by atoms with E-state index in [9.17, 15) is 9.59 Å². The number of aromatic nitrogens is 1. The third kappa shape index (κ3) is 4.04. The number of hydrogen-bond donors (Lipinski definition) is 3. The number of hydrogen-bond acceptors (Lipinski definition) is 5. The molecule has 0 aromatic carbocycles. The quantitative estimate of drug-likeness (QED) is 0.677. The van der Waals surface area contributed by atoms with Gasteiger partial charge in [-0.1, -0.05) is 0 Å². The van der Waals surface area contributed by atoms with E-state index in [0.29, 0.717) is 11.3 Å². The molecule has 0 radical (unpaired) electrons. The number of nitriles is 1. The number of rotatable bonds is 5. The Hall–Kier alpha value is -2.46. The number of aliphatic hydroxyl groups is 1. The average molecular weight is 263 g/mol. The molecule has 3 N–H and O–H groups in total. The predicted molar refractivity (Wildman–Crippen MR) is 64.3 cm³/mol. The molecule has 1 unspecified atom stereocenters. The van der Waals surface area contributed by atoms with Crippen LogP contribution in [-0.2, 0) is 4.79 Å². The van der Waals surface area contributed by atoms with Gasteiger partial charge in [0.2, 0.25) is 0 Å². The number of nitrogens with one attached hydrogen (secondary N) is 1. The summed E-state index contributed by atoms with van der Waals surface area (Å²) in [5.41, 5.74) is 0.972. The van der Waals surface area contributed by atoms with Crippen LogP contribution < -0.4 is 5.32 Å². The Labute approximate surface area is 109 Å². The molecule has 1 rings (SSSR count). The lowest BCUT2D eigenvalue weighted by molar-refractivity contribution is -0.146. The van der Waals surface area contributed by atoms with Crippen molar-refractivity contribution in [3.05, 3.63) is 29.1 Å². The van der Waals surface area contributed by atoms with E-state index < -0.39 is 18.0 Å². The molecule has 1 aromatic heterocycles. The van der Waals surface area contributed by atoms with E-state index in [2.05, 4.69) is 10.3 Å². The Morgan fingerprint density at radius 2 is 2.21 bits per heavy atom. The summed E-state index contributed by atoms with van der Waals surface area (Å²) < 4.78 is 0. The second-order valence-electron chi connectivity index (χ2n) is 3.84. The molecule has 1 aromatic rings. The molecule has 100 valence electrons. The van der Waals surface area contributed by atoms with Crippen LogP contribution in [0.4, 0.5) is 0 Å².